The average molecular weight is 385 g/mol. The molecule has 1 atom stereocenters. The predicted molar refractivity (Wildman–Crippen MR) is 117 cm³/mol. The fraction of sp³-hybridized carbons (Fsp3) is 0.174. The Morgan fingerprint density at radius 2 is 1.83 bits per heavy atom. The Labute approximate surface area is 169 Å². The standard InChI is InChI=1S/C23H23N5O/c1-3-21(29)27-18-11-9-17(10-12-18)20-13-19-22(24-14-25-23(19)28-20)26-15(2)16-7-5-4-6-8-16/h4-15H,3H2,1-2H3,(H,27,29)(H2,24,25,26,28). The molecule has 0 saturated carbocycles. The van der Waals surface area contributed by atoms with Gasteiger partial charge in [-0.3, -0.25) is 4.79 Å². The van der Waals surface area contributed by atoms with Crippen LogP contribution in [-0.2, 0) is 4.79 Å². The summed E-state index contributed by atoms with van der Waals surface area (Å²) in [6.45, 7) is 3.94. The van der Waals surface area contributed by atoms with E-state index in [-0.39, 0.29) is 11.9 Å². The van der Waals surface area contributed by atoms with Gasteiger partial charge in [-0.1, -0.05) is 49.4 Å². The first-order chi connectivity index (χ1) is 14.1. The van der Waals surface area contributed by atoms with E-state index in [1.807, 2.05) is 49.4 Å². The molecular formula is C23H23N5O. The highest BCUT2D eigenvalue weighted by Crippen LogP contribution is 2.29. The maximum Gasteiger partial charge on any atom is 0.224 e. The van der Waals surface area contributed by atoms with Gasteiger partial charge in [-0.2, -0.15) is 0 Å². The minimum Gasteiger partial charge on any atom is -0.363 e. The summed E-state index contributed by atoms with van der Waals surface area (Å²) in [6.07, 6.45) is 2.02. The van der Waals surface area contributed by atoms with Crippen LogP contribution < -0.4 is 10.6 Å². The molecule has 4 rings (SSSR count). The third kappa shape index (κ3) is 4.11. The number of hydrogen-bond donors (Lipinski definition) is 3. The average Bonchev–Trinajstić information content (AvgIpc) is 3.20. The van der Waals surface area contributed by atoms with E-state index < -0.39 is 0 Å². The molecule has 0 aliphatic rings. The molecule has 1 amide bonds. The molecule has 3 N–H and O–H groups in total. The summed E-state index contributed by atoms with van der Waals surface area (Å²) in [4.78, 5) is 23.7. The lowest BCUT2D eigenvalue weighted by Gasteiger charge is -2.15. The summed E-state index contributed by atoms with van der Waals surface area (Å²) in [5.41, 5.74) is 4.72. The number of amides is 1. The first-order valence-corrected chi connectivity index (χ1v) is 9.69. The van der Waals surface area contributed by atoms with Gasteiger partial charge in [0.2, 0.25) is 5.91 Å². The number of carbonyl (C=O) groups is 1. The number of benzene rings is 2. The van der Waals surface area contributed by atoms with E-state index in [2.05, 4.69) is 50.7 Å². The first kappa shape index (κ1) is 18.7. The Bertz CT molecular complexity index is 1120. The van der Waals surface area contributed by atoms with Gasteiger partial charge in [0.25, 0.3) is 0 Å². The maximum absolute atomic E-state index is 11.5. The molecule has 0 radical (unpaired) electrons. The molecule has 0 aliphatic heterocycles. The maximum atomic E-state index is 11.5. The van der Waals surface area contributed by atoms with E-state index in [4.69, 9.17) is 0 Å². The summed E-state index contributed by atoms with van der Waals surface area (Å²) in [5, 5.41) is 7.28. The van der Waals surface area contributed by atoms with Crippen LogP contribution in [-0.4, -0.2) is 20.9 Å². The number of anilines is 2. The van der Waals surface area contributed by atoms with Gasteiger partial charge < -0.3 is 15.6 Å². The number of H-pyrrole nitrogens is 1. The second-order valence-corrected chi connectivity index (χ2v) is 6.92. The normalized spacial score (nSPS) is 11.9. The molecule has 1 unspecified atom stereocenters. The monoisotopic (exact) mass is 385 g/mol. The number of aromatic amines is 1. The minimum atomic E-state index is 0.00175. The smallest absolute Gasteiger partial charge is 0.224 e. The molecule has 6 heteroatoms. The molecule has 0 spiro atoms. The van der Waals surface area contributed by atoms with Gasteiger partial charge in [0, 0.05) is 23.8 Å². The molecule has 4 aromatic rings. The van der Waals surface area contributed by atoms with E-state index >= 15 is 0 Å². The number of hydrogen-bond acceptors (Lipinski definition) is 4. The number of carbonyl (C=O) groups excluding carboxylic acids is 1. The first-order valence-electron chi connectivity index (χ1n) is 9.69. The lowest BCUT2D eigenvalue weighted by Crippen LogP contribution is -2.08. The number of nitrogens with zero attached hydrogens (tertiary/aromatic N) is 2. The fourth-order valence-electron chi connectivity index (χ4n) is 3.22. The van der Waals surface area contributed by atoms with Crippen molar-refractivity contribution >= 4 is 28.4 Å². The summed E-state index contributed by atoms with van der Waals surface area (Å²) in [5.74, 6) is 0.794. The third-order valence-electron chi connectivity index (χ3n) is 4.88. The van der Waals surface area contributed by atoms with Gasteiger partial charge in [-0.25, -0.2) is 9.97 Å². The lowest BCUT2D eigenvalue weighted by molar-refractivity contribution is -0.115. The highest BCUT2D eigenvalue weighted by molar-refractivity contribution is 5.93. The van der Waals surface area contributed by atoms with Crippen molar-refractivity contribution in [3.8, 4) is 11.3 Å². The summed E-state index contributed by atoms with van der Waals surface area (Å²) in [7, 11) is 0. The second-order valence-electron chi connectivity index (χ2n) is 6.92. The van der Waals surface area contributed by atoms with Crippen LogP contribution >= 0.6 is 0 Å². The minimum absolute atomic E-state index is 0.00175. The van der Waals surface area contributed by atoms with Crippen molar-refractivity contribution in [3.05, 3.63) is 72.6 Å². The number of aromatic nitrogens is 3. The summed E-state index contributed by atoms with van der Waals surface area (Å²) >= 11 is 0. The topological polar surface area (TPSA) is 82.7 Å². The van der Waals surface area contributed by atoms with E-state index in [0.717, 1.165) is 33.8 Å². The van der Waals surface area contributed by atoms with E-state index in [0.29, 0.717) is 6.42 Å². The molecule has 0 fully saturated rings. The second kappa shape index (κ2) is 8.14. The van der Waals surface area contributed by atoms with Crippen LogP contribution in [0.15, 0.2) is 67.0 Å². The molecule has 2 heterocycles. The van der Waals surface area contributed by atoms with Gasteiger partial charge >= 0.3 is 0 Å². The fourth-order valence-corrected chi connectivity index (χ4v) is 3.22. The molecular weight excluding hydrogens is 362 g/mol. The molecule has 6 nitrogen and oxygen atoms in total. The third-order valence-corrected chi connectivity index (χ3v) is 4.88. The Morgan fingerprint density at radius 1 is 1.07 bits per heavy atom. The van der Waals surface area contributed by atoms with Crippen molar-refractivity contribution < 1.29 is 4.79 Å². The van der Waals surface area contributed by atoms with Gasteiger partial charge in [0.1, 0.15) is 17.8 Å². The highest BCUT2D eigenvalue weighted by Gasteiger charge is 2.12. The Hall–Kier alpha value is -3.67. The summed E-state index contributed by atoms with van der Waals surface area (Å²) < 4.78 is 0. The Morgan fingerprint density at radius 3 is 2.55 bits per heavy atom. The van der Waals surface area contributed by atoms with Gasteiger partial charge in [0.15, 0.2) is 0 Å². The quantitative estimate of drug-likeness (QED) is 0.429. The zero-order valence-electron chi connectivity index (χ0n) is 16.4. The Balaban J connectivity index is 1.60. The van der Waals surface area contributed by atoms with E-state index in [1.54, 1.807) is 6.33 Å². The molecule has 0 saturated heterocycles. The molecule has 0 bridgehead atoms. The predicted octanol–water partition coefficient (Wildman–Crippen LogP) is 5.15. The van der Waals surface area contributed by atoms with Crippen molar-refractivity contribution in [1.29, 1.82) is 0 Å². The van der Waals surface area contributed by atoms with Crippen molar-refractivity contribution in [2.75, 3.05) is 10.6 Å². The van der Waals surface area contributed by atoms with Crippen molar-refractivity contribution in [3.63, 3.8) is 0 Å². The zero-order valence-corrected chi connectivity index (χ0v) is 16.4. The van der Waals surface area contributed by atoms with Crippen LogP contribution in [0.5, 0.6) is 0 Å². The van der Waals surface area contributed by atoms with Gasteiger partial charge in [-0.05, 0) is 36.2 Å². The van der Waals surface area contributed by atoms with Crippen LogP contribution in [0.2, 0.25) is 0 Å². The number of nitrogens with one attached hydrogen (secondary N) is 3. The SMILES string of the molecule is CCC(=O)Nc1ccc(-c2cc3c(NC(C)c4ccccc4)ncnc3[nH]2)cc1. The van der Waals surface area contributed by atoms with Crippen LogP contribution in [0.25, 0.3) is 22.3 Å². The van der Waals surface area contributed by atoms with Crippen LogP contribution in [0.3, 0.4) is 0 Å². The van der Waals surface area contributed by atoms with Crippen molar-refractivity contribution in [2.45, 2.75) is 26.3 Å². The lowest BCUT2D eigenvalue weighted by atomic mass is 10.1. The van der Waals surface area contributed by atoms with Crippen LogP contribution in [0.4, 0.5) is 11.5 Å². The number of fused-ring (bicyclic) bond motifs is 1. The summed E-state index contributed by atoms with van der Waals surface area (Å²) in [6, 6.07) is 20.2. The van der Waals surface area contributed by atoms with Crippen molar-refractivity contribution in [1.82, 2.24) is 15.0 Å². The van der Waals surface area contributed by atoms with E-state index in [9.17, 15) is 4.79 Å². The van der Waals surface area contributed by atoms with Crippen LogP contribution in [0, 0.1) is 0 Å². The molecule has 2 aromatic heterocycles. The molecule has 29 heavy (non-hydrogen) atoms. The van der Waals surface area contributed by atoms with Crippen LogP contribution in [0.1, 0.15) is 31.9 Å². The van der Waals surface area contributed by atoms with E-state index in [1.165, 1.54) is 5.56 Å². The Kier molecular flexibility index (Phi) is 5.24. The molecule has 0 aliphatic carbocycles. The largest absolute Gasteiger partial charge is 0.363 e. The molecule has 146 valence electrons. The van der Waals surface area contributed by atoms with Gasteiger partial charge in [-0.15, -0.1) is 0 Å². The van der Waals surface area contributed by atoms with Gasteiger partial charge in [0.05, 0.1) is 5.39 Å². The highest BCUT2D eigenvalue weighted by atomic mass is 16.1. The van der Waals surface area contributed by atoms with Crippen molar-refractivity contribution in [2.24, 2.45) is 0 Å². The number of rotatable bonds is 6. The molecule has 2 aromatic carbocycles. The zero-order chi connectivity index (χ0) is 20.2.